The van der Waals surface area contributed by atoms with E-state index in [0.29, 0.717) is 5.69 Å². The number of carbonyl (C=O) groups excluding carboxylic acids is 1. The van der Waals surface area contributed by atoms with Gasteiger partial charge >= 0.3 is 5.97 Å². The Hall–Kier alpha value is -2.05. The third-order valence-corrected chi connectivity index (χ3v) is 3.50. The Morgan fingerprint density at radius 1 is 1.14 bits per heavy atom. The van der Waals surface area contributed by atoms with Gasteiger partial charge in [0.25, 0.3) is 5.91 Å². The highest BCUT2D eigenvalue weighted by Gasteiger charge is 2.16. The Kier molecular flexibility index (Phi) is 4.50. The molecule has 0 aliphatic heterocycles. The summed E-state index contributed by atoms with van der Waals surface area (Å²) in [7, 11) is 0. The van der Waals surface area contributed by atoms with Gasteiger partial charge in [-0.1, -0.05) is 27.5 Å². The van der Waals surface area contributed by atoms with Crippen molar-refractivity contribution >= 4 is 50.8 Å². The summed E-state index contributed by atoms with van der Waals surface area (Å²) in [6, 6.07) is 9.01. The fraction of sp³-hybridized carbons (Fsp3) is 0. The van der Waals surface area contributed by atoms with E-state index >= 15 is 0 Å². The first-order valence-corrected chi connectivity index (χ1v) is 6.95. The highest BCUT2D eigenvalue weighted by atomic mass is 79.9. The largest absolute Gasteiger partial charge is 0.478 e. The molecule has 0 aromatic heterocycles. The molecule has 108 valence electrons. The molecule has 2 rings (SSSR count). The van der Waals surface area contributed by atoms with Crippen LogP contribution in [0.3, 0.4) is 0 Å². The lowest BCUT2D eigenvalue weighted by atomic mass is 10.1. The Morgan fingerprint density at radius 2 is 1.86 bits per heavy atom. The van der Waals surface area contributed by atoms with Gasteiger partial charge in [0.05, 0.1) is 21.8 Å². The standard InChI is InChI=1S/C14H10BrClN2O3/c15-7-1-3-9(11(16)5-7)13(19)18-12-4-2-8(17)6-10(12)14(20)21/h1-6H,17H2,(H,18,19)(H,20,21). The zero-order chi connectivity index (χ0) is 15.6. The molecule has 0 aliphatic rings. The third kappa shape index (κ3) is 3.53. The maximum absolute atomic E-state index is 12.2. The first kappa shape index (κ1) is 15.3. The molecule has 2 aromatic rings. The van der Waals surface area contributed by atoms with Crippen LogP contribution in [0.4, 0.5) is 11.4 Å². The number of halogens is 2. The SMILES string of the molecule is Nc1ccc(NC(=O)c2ccc(Br)cc2Cl)c(C(=O)O)c1. The number of aromatic carboxylic acids is 1. The predicted molar refractivity (Wildman–Crippen MR) is 84.9 cm³/mol. The molecular weight excluding hydrogens is 360 g/mol. The van der Waals surface area contributed by atoms with Crippen molar-refractivity contribution in [2.24, 2.45) is 0 Å². The lowest BCUT2D eigenvalue weighted by Crippen LogP contribution is -2.15. The van der Waals surface area contributed by atoms with Crippen LogP contribution in [0, 0.1) is 0 Å². The van der Waals surface area contributed by atoms with Crippen LogP contribution < -0.4 is 11.1 Å². The Balaban J connectivity index is 2.34. The summed E-state index contributed by atoms with van der Waals surface area (Å²) < 4.78 is 0.739. The average Bonchev–Trinajstić information content (AvgIpc) is 2.40. The maximum Gasteiger partial charge on any atom is 0.337 e. The van der Waals surface area contributed by atoms with Gasteiger partial charge in [-0.05, 0) is 36.4 Å². The molecule has 21 heavy (non-hydrogen) atoms. The van der Waals surface area contributed by atoms with Gasteiger partial charge in [0.2, 0.25) is 0 Å². The van der Waals surface area contributed by atoms with Gasteiger partial charge in [0.15, 0.2) is 0 Å². The number of carbonyl (C=O) groups is 2. The summed E-state index contributed by atoms with van der Waals surface area (Å²) in [5, 5.41) is 11.9. The summed E-state index contributed by atoms with van der Waals surface area (Å²) >= 11 is 9.23. The summed E-state index contributed by atoms with van der Waals surface area (Å²) in [6.07, 6.45) is 0. The van der Waals surface area contributed by atoms with Crippen LogP contribution in [-0.4, -0.2) is 17.0 Å². The number of nitrogen functional groups attached to an aromatic ring is 1. The van der Waals surface area contributed by atoms with Crippen LogP contribution in [0.1, 0.15) is 20.7 Å². The number of hydrogen-bond acceptors (Lipinski definition) is 3. The van der Waals surface area contributed by atoms with Crippen molar-refractivity contribution in [2.75, 3.05) is 11.1 Å². The Bertz CT molecular complexity index is 734. The molecule has 1 amide bonds. The van der Waals surface area contributed by atoms with Gasteiger partial charge in [0.1, 0.15) is 0 Å². The zero-order valence-electron chi connectivity index (χ0n) is 10.6. The lowest BCUT2D eigenvalue weighted by Gasteiger charge is -2.10. The minimum atomic E-state index is -1.18. The Morgan fingerprint density at radius 3 is 2.48 bits per heavy atom. The van der Waals surface area contributed by atoms with E-state index in [1.165, 1.54) is 18.2 Å². The predicted octanol–water partition coefficient (Wildman–Crippen LogP) is 3.64. The molecule has 0 fully saturated rings. The minimum Gasteiger partial charge on any atom is -0.478 e. The van der Waals surface area contributed by atoms with Gasteiger partial charge < -0.3 is 16.2 Å². The number of amides is 1. The molecule has 5 nitrogen and oxygen atoms in total. The molecule has 0 heterocycles. The van der Waals surface area contributed by atoms with Crippen LogP contribution in [0.25, 0.3) is 0 Å². The second-order valence-corrected chi connectivity index (χ2v) is 5.51. The van der Waals surface area contributed by atoms with Gasteiger partial charge in [-0.15, -0.1) is 0 Å². The number of carboxylic acid groups (broad SMARTS) is 1. The molecule has 0 saturated carbocycles. The molecule has 0 bridgehead atoms. The Labute approximate surface area is 133 Å². The topological polar surface area (TPSA) is 92.4 Å². The van der Waals surface area contributed by atoms with E-state index in [-0.39, 0.29) is 21.8 Å². The summed E-state index contributed by atoms with van der Waals surface area (Å²) in [5.74, 6) is -1.68. The molecule has 0 saturated heterocycles. The molecular formula is C14H10BrClN2O3. The van der Waals surface area contributed by atoms with Crippen molar-refractivity contribution in [3.8, 4) is 0 Å². The number of carboxylic acids is 1. The van der Waals surface area contributed by atoms with Gasteiger partial charge in [-0.3, -0.25) is 4.79 Å². The molecule has 0 spiro atoms. The van der Waals surface area contributed by atoms with E-state index in [4.69, 9.17) is 22.4 Å². The molecule has 0 aliphatic carbocycles. The van der Waals surface area contributed by atoms with Crippen molar-refractivity contribution in [3.63, 3.8) is 0 Å². The molecule has 0 radical (unpaired) electrons. The van der Waals surface area contributed by atoms with Gasteiger partial charge in [0, 0.05) is 10.2 Å². The fourth-order valence-electron chi connectivity index (χ4n) is 1.71. The van der Waals surface area contributed by atoms with Crippen molar-refractivity contribution in [1.29, 1.82) is 0 Å². The second kappa shape index (κ2) is 6.15. The van der Waals surface area contributed by atoms with Crippen molar-refractivity contribution in [3.05, 3.63) is 57.0 Å². The molecule has 0 atom stereocenters. The van der Waals surface area contributed by atoms with Crippen LogP contribution in [-0.2, 0) is 0 Å². The van der Waals surface area contributed by atoms with Crippen LogP contribution >= 0.6 is 27.5 Å². The van der Waals surface area contributed by atoms with E-state index < -0.39 is 11.9 Å². The molecule has 7 heteroatoms. The molecule has 2 aromatic carbocycles. The minimum absolute atomic E-state index is 0.0865. The lowest BCUT2D eigenvalue weighted by molar-refractivity contribution is 0.0698. The van der Waals surface area contributed by atoms with E-state index in [1.54, 1.807) is 18.2 Å². The average molecular weight is 370 g/mol. The number of nitrogens with two attached hydrogens (primary N) is 1. The van der Waals surface area contributed by atoms with Crippen molar-refractivity contribution in [2.45, 2.75) is 0 Å². The van der Waals surface area contributed by atoms with Crippen molar-refractivity contribution in [1.82, 2.24) is 0 Å². The van der Waals surface area contributed by atoms with Crippen LogP contribution in [0.5, 0.6) is 0 Å². The molecule has 0 unspecified atom stereocenters. The second-order valence-electron chi connectivity index (χ2n) is 4.19. The first-order chi connectivity index (χ1) is 9.88. The summed E-state index contributed by atoms with van der Waals surface area (Å²) in [4.78, 5) is 23.3. The normalized spacial score (nSPS) is 10.2. The first-order valence-electron chi connectivity index (χ1n) is 5.77. The number of hydrogen-bond donors (Lipinski definition) is 3. The smallest absolute Gasteiger partial charge is 0.337 e. The van der Waals surface area contributed by atoms with E-state index in [0.717, 1.165) is 4.47 Å². The van der Waals surface area contributed by atoms with Crippen molar-refractivity contribution < 1.29 is 14.7 Å². The zero-order valence-corrected chi connectivity index (χ0v) is 12.9. The van der Waals surface area contributed by atoms with Gasteiger partial charge in [-0.25, -0.2) is 4.79 Å². The number of benzene rings is 2. The van der Waals surface area contributed by atoms with E-state index in [2.05, 4.69) is 21.2 Å². The van der Waals surface area contributed by atoms with E-state index in [1.807, 2.05) is 0 Å². The summed E-state index contributed by atoms with van der Waals surface area (Å²) in [5.41, 5.74) is 6.15. The van der Waals surface area contributed by atoms with E-state index in [9.17, 15) is 9.59 Å². The monoisotopic (exact) mass is 368 g/mol. The quantitative estimate of drug-likeness (QED) is 0.720. The summed E-state index contributed by atoms with van der Waals surface area (Å²) in [6.45, 7) is 0. The van der Waals surface area contributed by atoms with Crippen LogP contribution in [0.15, 0.2) is 40.9 Å². The number of rotatable bonds is 3. The fourth-order valence-corrected chi connectivity index (χ4v) is 2.47. The molecule has 4 N–H and O–H groups in total. The maximum atomic E-state index is 12.2. The third-order valence-electron chi connectivity index (χ3n) is 2.70. The van der Waals surface area contributed by atoms with Gasteiger partial charge in [-0.2, -0.15) is 0 Å². The highest BCUT2D eigenvalue weighted by molar-refractivity contribution is 9.10. The van der Waals surface area contributed by atoms with Crippen LogP contribution in [0.2, 0.25) is 5.02 Å². The number of nitrogens with one attached hydrogen (secondary N) is 1. The number of anilines is 2. The highest BCUT2D eigenvalue weighted by Crippen LogP contribution is 2.24.